The van der Waals surface area contributed by atoms with Crippen molar-refractivity contribution in [3.05, 3.63) is 40.1 Å². The van der Waals surface area contributed by atoms with Crippen LogP contribution in [0.4, 0.5) is 0 Å². The number of aromatic nitrogens is 2. The Bertz CT molecular complexity index is 545. The normalized spacial score (nSPS) is 12.6. The molecule has 3 rings (SSSR count). The zero-order valence-corrected chi connectivity index (χ0v) is 10.6. The van der Waals surface area contributed by atoms with E-state index in [1.165, 1.54) is 16.8 Å². The number of hydrogen-bond donors (Lipinski definition) is 1. The Morgan fingerprint density at radius 1 is 1.50 bits per heavy atom. The fraction of sp³-hybridized carbons (Fsp3) is 0.250. The third-order valence-corrected chi connectivity index (χ3v) is 3.43. The van der Waals surface area contributed by atoms with E-state index < -0.39 is 0 Å². The zero-order valence-electron chi connectivity index (χ0n) is 9.00. The molecule has 0 radical (unpaired) electrons. The summed E-state index contributed by atoms with van der Waals surface area (Å²) in [6.07, 6.45) is 1.95. The van der Waals surface area contributed by atoms with Crippen molar-refractivity contribution in [3.8, 4) is 11.4 Å². The number of nitrogens with zero attached hydrogens (tertiary/aromatic N) is 2. The highest BCUT2D eigenvalue weighted by atomic mass is 79.9. The second-order valence-corrected chi connectivity index (χ2v) is 4.91. The summed E-state index contributed by atoms with van der Waals surface area (Å²) in [4.78, 5) is 4.50. The van der Waals surface area contributed by atoms with Crippen LogP contribution >= 0.6 is 15.9 Å². The van der Waals surface area contributed by atoms with Crippen LogP contribution in [0.3, 0.4) is 0 Å². The number of imidazole rings is 1. The standard InChI is InChI=1S/C12H12BrN3/c1-14-5-10-6-15-12-11-4-9(13)3-2-8(11)7-16(10)12/h2-4,6,14H,5,7H2,1H3. The van der Waals surface area contributed by atoms with Crippen LogP contribution in [-0.2, 0) is 13.1 Å². The van der Waals surface area contributed by atoms with Gasteiger partial charge in [0, 0.05) is 16.6 Å². The highest BCUT2D eigenvalue weighted by Gasteiger charge is 2.21. The fourth-order valence-electron chi connectivity index (χ4n) is 2.19. The fourth-order valence-corrected chi connectivity index (χ4v) is 2.55. The molecule has 0 fully saturated rings. The van der Waals surface area contributed by atoms with Crippen molar-refractivity contribution in [1.29, 1.82) is 0 Å². The molecule has 16 heavy (non-hydrogen) atoms. The van der Waals surface area contributed by atoms with Gasteiger partial charge in [-0.2, -0.15) is 0 Å². The zero-order chi connectivity index (χ0) is 11.1. The van der Waals surface area contributed by atoms with Gasteiger partial charge in [-0.1, -0.05) is 22.0 Å². The third kappa shape index (κ3) is 1.41. The largest absolute Gasteiger partial charge is 0.322 e. The summed E-state index contributed by atoms with van der Waals surface area (Å²) < 4.78 is 3.38. The molecular formula is C12H12BrN3. The van der Waals surface area contributed by atoms with Gasteiger partial charge in [0.25, 0.3) is 0 Å². The summed E-state index contributed by atoms with van der Waals surface area (Å²) in [6.45, 7) is 1.80. The average Bonchev–Trinajstić information content (AvgIpc) is 2.80. The molecule has 0 bridgehead atoms. The third-order valence-electron chi connectivity index (χ3n) is 2.94. The molecule has 1 aliphatic rings. The van der Waals surface area contributed by atoms with Gasteiger partial charge in [0.15, 0.2) is 0 Å². The molecular weight excluding hydrogens is 266 g/mol. The number of halogens is 1. The second-order valence-electron chi connectivity index (χ2n) is 3.99. The molecule has 0 unspecified atom stereocenters. The van der Waals surface area contributed by atoms with E-state index in [0.29, 0.717) is 0 Å². The first-order chi connectivity index (χ1) is 7.79. The average molecular weight is 278 g/mol. The van der Waals surface area contributed by atoms with Gasteiger partial charge in [-0.05, 0) is 24.7 Å². The molecule has 0 spiro atoms. The first-order valence-corrected chi connectivity index (χ1v) is 6.06. The molecule has 0 atom stereocenters. The summed E-state index contributed by atoms with van der Waals surface area (Å²) in [7, 11) is 1.96. The lowest BCUT2D eigenvalue weighted by Crippen LogP contribution is -2.10. The Labute approximate surface area is 103 Å². The highest BCUT2D eigenvalue weighted by molar-refractivity contribution is 9.10. The van der Waals surface area contributed by atoms with Crippen molar-refractivity contribution < 1.29 is 0 Å². The monoisotopic (exact) mass is 277 g/mol. The van der Waals surface area contributed by atoms with Crippen molar-refractivity contribution in [3.63, 3.8) is 0 Å². The maximum absolute atomic E-state index is 4.50. The van der Waals surface area contributed by atoms with Gasteiger partial charge in [0.1, 0.15) is 5.82 Å². The van der Waals surface area contributed by atoms with Gasteiger partial charge in [-0.3, -0.25) is 0 Å². The van der Waals surface area contributed by atoms with E-state index in [1.807, 2.05) is 13.2 Å². The smallest absolute Gasteiger partial charge is 0.140 e. The van der Waals surface area contributed by atoms with Crippen LogP contribution in [0.1, 0.15) is 11.3 Å². The summed E-state index contributed by atoms with van der Waals surface area (Å²) in [5, 5.41) is 3.17. The SMILES string of the molecule is CNCc1cnc2n1Cc1ccc(Br)cc1-2. The molecule has 2 aromatic rings. The maximum atomic E-state index is 4.50. The van der Waals surface area contributed by atoms with Crippen molar-refractivity contribution in [2.75, 3.05) is 7.05 Å². The van der Waals surface area contributed by atoms with Gasteiger partial charge in [0.05, 0.1) is 18.4 Å². The quantitative estimate of drug-likeness (QED) is 0.780. The first kappa shape index (κ1) is 10.1. The molecule has 1 aromatic heterocycles. The van der Waals surface area contributed by atoms with Crippen molar-refractivity contribution in [2.24, 2.45) is 0 Å². The lowest BCUT2D eigenvalue weighted by molar-refractivity contribution is 0.713. The van der Waals surface area contributed by atoms with Crippen LogP contribution in [0.5, 0.6) is 0 Å². The topological polar surface area (TPSA) is 29.9 Å². The van der Waals surface area contributed by atoms with Crippen LogP contribution in [0.25, 0.3) is 11.4 Å². The Balaban J connectivity index is 2.11. The molecule has 0 saturated carbocycles. The minimum Gasteiger partial charge on any atom is -0.322 e. The molecule has 0 saturated heterocycles. The van der Waals surface area contributed by atoms with E-state index in [2.05, 4.69) is 49.0 Å². The molecule has 1 aromatic carbocycles. The molecule has 0 amide bonds. The Morgan fingerprint density at radius 2 is 2.38 bits per heavy atom. The van der Waals surface area contributed by atoms with Crippen LogP contribution in [0, 0.1) is 0 Å². The molecule has 1 N–H and O–H groups in total. The Morgan fingerprint density at radius 3 is 3.19 bits per heavy atom. The van der Waals surface area contributed by atoms with E-state index in [1.54, 1.807) is 0 Å². The van der Waals surface area contributed by atoms with Crippen molar-refractivity contribution in [2.45, 2.75) is 13.1 Å². The van der Waals surface area contributed by atoms with Crippen molar-refractivity contribution >= 4 is 15.9 Å². The van der Waals surface area contributed by atoms with Crippen LogP contribution in [0.15, 0.2) is 28.9 Å². The molecule has 1 aliphatic heterocycles. The number of nitrogens with one attached hydrogen (secondary N) is 1. The van der Waals surface area contributed by atoms with Crippen LogP contribution in [-0.4, -0.2) is 16.6 Å². The van der Waals surface area contributed by atoms with E-state index in [9.17, 15) is 0 Å². The number of rotatable bonds is 2. The first-order valence-electron chi connectivity index (χ1n) is 5.27. The van der Waals surface area contributed by atoms with Gasteiger partial charge >= 0.3 is 0 Å². The summed E-state index contributed by atoms with van der Waals surface area (Å²) in [6, 6.07) is 6.39. The van der Waals surface area contributed by atoms with Gasteiger partial charge in [-0.25, -0.2) is 4.98 Å². The number of fused-ring (bicyclic) bond motifs is 3. The predicted molar refractivity (Wildman–Crippen MR) is 67.2 cm³/mol. The van der Waals surface area contributed by atoms with E-state index in [4.69, 9.17) is 0 Å². The molecule has 2 heterocycles. The Kier molecular flexibility index (Phi) is 2.33. The second kappa shape index (κ2) is 3.71. The highest BCUT2D eigenvalue weighted by Crippen LogP contribution is 2.33. The Hall–Kier alpha value is -1.13. The molecule has 82 valence electrons. The predicted octanol–water partition coefficient (Wildman–Crippen LogP) is 2.39. The maximum Gasteiger partial charge on any atom is 0.140 e. The molecule has 3 nitrogen and oxygen atoms in total. The van der Waals surface area contributed by atoms with E-state index in [-0.39, 0.29) is 0 Å². The van der Waals surface area contributed by atoms with Gasteiger partial charge in [0.2, 0.25) is 0 Å². The van der Waals surface area contributed by atoms with E-state index >= 15 is 0 Å². The minimum atomic E-state index is 0.863. The lowest BCUT2D eigenvalue weighted by atomic mass is 10.1. The number of benzene rings is 1. The van der Waals surface area contributed by atoms with Crippen molar-refractivity contribution in [1.82, 2.24) is 14.9 Å². The molecule has 0 aliphatic carbocycles. The summed E-state index contributed by atoms with van der Waals surface area (Å²) in [5.41, 5.74) is 3.84. The van der Waals surface area contributed by atoms with Crippen LogP contribution < -0.4 is 5.32 Å². The lowest BCUT2D eigenvalue weighted by Gasteiger charge is -2.03. The number of hydrogen-bond acceptors (Lipinski definition) is 2. The summed E-state index contributed by atoms with van der Waals surface area (Å²) in [5.74, 6) is 1.08. The minimum absolute atomic E-state index is 0.863. The van der Waals surface area contributed by atoms with Gasteiger partial charge in [-0.15, -0.1) is 0 Å². The molecule has 4 heteroatoms. The van der Waals surface area contributed by atoms with E-state index in [0.717, 1.165) is 23.4 Å². The van der Waals surface area contributed by atoms with Crippen LogP contribution in [0.2, 0.25) is 0 Å². The van der Waals surface area contributed by atoms with Gasteiger partial charge < -0.3 is 9.88 Å². The summed E-state index contributed by atoms with van der Waals surface area (Å²) >= 11 is 3.50.